The van der Waals surface area contributed by atoms with E-state index in [0.29, 0.717) is 18.4 Å². The molecule has 0 aromatic heterocycles. The van der Waals surface area contributed by atoms with Crippen molar-refractivity contribution in [2.75, 3.05) is 0 Å². The van der Waals surface area contributed by atoms with E-state index in [4.69, 9.17) is 9.84 Å². The zero-order valence-corrected chi connectivity index (χ0v) is 9.50. The van der Waals surface area contributed by atoms with Crippen LogP contribution in [-0.4, -0.2) is 22.6 Å². The lowest BCUT2D eigenvalue weighted by Gasteiger charge is -2.20. The van der Waals surface area contributed by atoms with Crippen LogP contribution in [0.3, 0.4) is 0 Å². The highest BCUT2D eigenvalue weighted by molar-refractivity contribution is 5.88. The van der Waals surface area contributed by atoms with Gasteiger partial charge in [-0.15, -0.1) is 0 Å². The molecule has 4 heteroatoms. The van der Waals surface area contributed by atoms with E-state index in [1.165, 1.54) is 0 Å². The van der Waals surface area contributed by atoms with Gasteiger partial charge in [-0.3, -0.25) is 4.79 Å². The molecule has 0 saturated heterocycles. The van der Waals surface area contributed by atoms with Gasteiger partial charge in [0.25, 0.3) is 0 Å². The van der Waals surface area contributed by atoms with Gasteiger partial charge in [-0.05, 0) is 33.6 Å². The molecule has 0 spiro atoms. The number of carboxylic acids is 1. The molecular formula is C11H18O4. The highest BCUT2D eigenvalue weighted by Gasteiger charge is 2.18. The lowest BCUT2D eigenvalue weighted by molar-refractivity contribution is -0.150. The van der Waals surface area contributed by atoms with Crippen LogP contribution in [0.4, 0.5) is 0 Å². The molecule has 1 N–H and O–H groups in total. The van der Waals surface area contributed by atoms with E-state index < -0.39 is 17.5 Å². The Morgan fingerprint density at radius 2 is 1.80 bits per heavy atom. The summed E-state index contributed by atoms with van der Waals surface area (Å²) in [5.41, 5.74) is -0.210. The van der Waals surface area contributed by atoms with Gasteiger partial charge in [-0.2, -0.15) is 0 Å². The normalized spacial score (nSPS) is 10.9. The minimum absolute atomic E-state index is 0.0435. The van der Waals surface area contributed by atoms with E-state index in [-0.39, 0.29) is 6.42 Å². The van der Waals surface area contributed by atoms with Crippen molar-refractivity contribution in [1.82, 2.24) is 0 Å². The first-order chi connectivity index (χ1) is 6.72. The Bertz CT molecular complexity index is 260. The molecule has 4 nitrogen and oxygen atoms in total. The lowest BCUT2D eigenvalue weighted by Crippen LogP contribution is -2.24. The fraction of sp³-hybridized carbons (Fsp3) is 0.636. The van der Waals surface area contributed by atoms with Crippen molar-refractivity contribution >= 4 is 11.9 Å². The van der Waals surface area contributed by atoms with Gasteiger partial charge >= 0.3 is 11.9 Å². The number of hydrogen-bond donors (Lipinski definition) is 1. The molecule has 0 bridgehead atoms. The summed E-state index contributed by atoms with van der Waals surface area (Å²) in [6.07, 6.45) is 0.816. The third-order valence-corrected chi connectivity index (χ3v) is 1.56. The number of aliphatic carboxylic acids is 1. The van der Waals surface area contributed by atoms with Crippen molar-refractivity contribution in [3.8, 4) is 0 Å². The molecule has 0 fully saturated rings. The number of rotatable bonds is 5. The van der Waals surface area contributed by atoms with Crippen molar-refractivity contribution in [3.05, 3.63) is 12.2 Å². The first kappa shape index (κ1) is 13.7. The number of esters is 1. The maximum absolute atomic E-state index is 11.4. The van der Waals surface area contributed by atoms with E-state index in [1.807, 2.05) is 0 Å². The largest absolute Gasteiger partial charge is 0.481 e. The lowest BCUT2D eigenvalue weighted by atomic mass is 10.1. The Kier molecular flexibility index (Phi) is 5.05. The highest BCUT2D eigenvalue weighted by atomic mass is 16.6. The van der Waals surface area contributed by atoms with Crippen LogP contribution in [0.1, 0.15) is 40.0 Å². The number of ether oxygens (including phenoxy) is 1. The van der Waals surface area contributed by atoms with Crippen LogP contribution < -0.4 is 0 Å². The monoisotopic (exact) mass is 214 g/mol. The SMILES string of the molecule is C=C(CCCC(=O)O)C(=O)OC(C)(C)C. The zero-order valence-electron chi connectivity index (χ0n) is 9.50. The summed E-state index contributed by atoms with van der Waals surface area (Å²) in [5.74, 6) is -1.32. The fourth-order valence-corrected chi connectivity index (χ4v) is 0.905. The standard InChI is InChI=1S/C11H18O4/c1-8(6-5-7-9(12)13)10(14)15-11(2,3)4/h1,5-7H2,2-4H3,(H,12,13). The van der Waals surface area contributed by atoms with Crippen molar-refractivity contribution in [1.29, 1.82) is 0 Å². The Balaban J connectivity index is 3.91. The fourth-order valence-electron chi connectivity index (χ4n) is 0.905. The van der Waals surface area contributed by atoms with E-state index in [1.54, 1.807) is 20.8 Å². The molecule has 0 saturated carbocycles. The van der Waals surface area contributed by atoms with Gasteiger partial charge in [-0.25, -0.2) is 4.79 Å². The maximum atomic E-state index is 11.4. The van der Waals surface area contributed by atoms with Crippen molar-refractivity contribution in [2.24, 2.45) is 0 Å². The van der Waals surface area contributed by atoms with Gasteiger partial charge in [0.2, 0.25) is 0 Å². The minimum Gasteiger partial charge on any atom is -0.481 e. The van der Waals surface area contributed by atoms with Gasteiger partial charge in [0, 0.05) is 12.0 Å². The van der Waals surface area contributed by atoms with Gasteiger partial charge in [0.15, 0.2) is 0 Å². The molecule has 0 radical (unpaired) electrons. The molecule has 0 unspecified atom stereocenters. The molecule has 0 atom stereocenters. The summed E-state index contributed by atoms with van der Waals surface area (Å²) >= 11 is 0. The quantitative estimate of drug-likeness (QED) is 0.562. The minimum atomic E-state index is -0.869. The third-order valence-electron chi connectivity index (χ3n) is 1.56. The van der Waals surface area contributed by atoms with Crippen LogP contribution >= 0.6 is 0 Å². The average Bonchev–Trinajstić information content (AvgIpc) is 1.99. The number of hydrogen-bond acceptors (Lipinski definition) is 3. The van der Waals surface area contributed by atoms with Crippen LogP contribution in [0.25, 0.3) is 0 Å². The third kappa shape index (κ3) is 7.73. The first-order valence-corrected chi connectivity index (χ1v) is 4.85. The van der Waals surface area contributed by atoms with Gasteiger partial charge in [-0.1, -0.05) is 6.58 Å². The van der Waals surface area contributed by atoms with Crippen LogP contribution in [0.2, 0.25) is 0 Å². The predicted molar refractivity (Wildman–Crippen MR) is 56.5 cm³/mol. The van der Waals surface area contributed by atoms with Crippen molar-refractivity contribution in [3.63, 3.8) is 0 Å². The zero-order chi connectivity index (χ0) is 12.1. The summed E-state index contributed by atoms with van der Waals surface area (Å²) in [6, 6.07) is 0. The van der Waals surface area contributed by atoms with Crippen LogP contribution in [-0.2, 0) is 14.3 Å². The molecule has 15 heavy (non-hydrogen) atoms. The van der Waals surface area contributed by atoms with Crippen LogP contribution in [0.5, 0.6) is 0 Å². The topological polar surface area (TPSA) is 63.6 Å². The first-order valence-electron chi connectivity index (χ1n) is 4.85. The second-order valence-corrected chi connectivity index (χ2v) is 4.35. The van der Waals surface area contributed by atoms with E-state index >= 15 is 0 Å². The molecule has 0 heterocycles. The summed E-state index contributed by atoms with van der Waals surface area (Å²) in [4.78, 5) is 21.6. The Hall–Kier alpha value is -1.32. The van der Waals surface area contributed by atoms with E-state index in [0.717, 1.165) is 0 Å². The maximum Gasteiger partial charge on any atom is 0.333 e. The van der Waals surface area contributed by atoms with E-state index in [9.17, 15) is 9.59 Å². The molecule has 0 aliphatic carbocycles. The molecule has 0 aromatic carbocycles. The second-order valence-electron chi connectivity index (χ2n) is 4.35. The second kappa shape index (κ2) is 5.53. The summed E-state index contributed by atoms with van der Waals surface area (Å²) in [7, 11) is 0. The summed E-state index contributed by atoms with van der Waals surface area (Å²) < 4.78 is 5.07. The van der Waals surface area contributed by atoms with Gasteiger partial charge in [0.1, 0.15) is 5.60 Å². The Labute approximate surface area is 89.9 Å². The number of carbonyl (C=O) groups is 2. The number of carbonyl (C=O) groups excluding carboxylic acids is 1. The summed E-state index contributed by atoms with van der Waals surface area (Å²) in [6.45, 7) is 8.89. The van der Waals surface area contributed by atoms with Gasteiger partial charge in [0.05, 0.1) is 0 Å². The van der Waals surface area contributed by atoms with Crippen LogP contribution in [0, 0.1) is 0 Å². The van der Waals surface area contributed by atoms with E-state index in [2.05, 4.69) is 6.58 Å². The Morgan fingerprint density at radius 3 is 2.20 bits per heavy atom. The molecule has 0 aliphatic heterocycles. The number of carboxylic acid groups (broad SMARTS) is 1. The van der Waals surface area contributed by atoms with Crippen LogP contribution in [0.15, 0.2) is 12.2 Å². The van der Waals surface area contributed by atoms with Gasteiger partial charge < -0.3 is 9.84 Å². The highest BCUT2D eigenvalue weighted by Crippen LogP contribution is 2.13. The smallest absolute Gasteiger partial charge is 0.333 e. The average molecular weight is 214 g/mol. The molecule has 0 aliphatic rings. The van der Waals surface area contributed by atoms with Crippen molar-refractivity contribution < 1.29 is 19.4 Å². The molecule has 0 amide bonds. The molecule has 86 valence electrons. The Morgan fingerprint density at radius 1 is 1.27 bits per heavy atom. The molecule has 0 aromatic rings. The molecule has 0 rings (SSSR count). The summed E-state index contributed by atoms with van der Waals surface area (Å²) in [5, 5.41) is 8.41. The predicted octanol–water partition coefficient (Wildman–Crippen LogP) is 2.14. The van der Waals surface area contributed by atoms with Crippen molar-refractivity contribution in [2.45, 2.75) is 45.6 Å². The molecular weight excluding hydrogens is 196 g/mol.